The molecule has 9 nitrogen and oxygen atoms in total. The highest BCUT2D eigenvalue weighted by atomic mass is 35.5. The highest BCUT2D eigenvalue weighted by molar-refractivity contribution is 7.94. The Morgan fingerprint density at radius 2 is 1.83 bits per heavy atom. The molecule has 1 saturated heterocycles. The summed E-state index contributed by atoms with van der Waals surface area (Å²) in [5.74, 6) is -2.19. The van der Waals surface area contributed by atoms with Crippen LogP contribution < -0.4 is 4.72 Å². The summed E-state index contributed by atoms with van der Waals surface area (Å²) < 4.78 is 51.0. The van der Waals surface area contributed by atoms with Crippen LogP contribution in [0.3, 0.4) is 0 Å². The number of benzene rings is 1. The fourth-order valence-electron chi connectivity index (χ4n) is 4.33. The van der Waals surface area contributed by atoms with Gasteiger partial charge >= 0.3 is 0 Å². The topological polar surface area (TPSA) is 130 Å². The summed E-state index contributed by atoms with van der Waals surface area (Å²) in [6, 6.07) is 3.13. The van der Waals surface area contributed by atoms with Gasteiger partial charge in [-0.1, -0.05) is 46.2 Å². The maximum atomic E-state index is 13.6. The lowest BCUT2D eigenvalue weighted by molar-refractivity contribution is -0.131. The summed E-state index contributed by atoms with van der Waals surface area (Å²) in [6.45, 7) is 11.4. The first-order valence-corrected chi connectivity index (χ1v) is 15.1. The zero-order valence-corrected chi connectivity index (χ0v) is 23.1. The fourth-order valence-corrected chi connectivity index (χ4v) is 6.85. The van der Waals surface area contributed by atoms with E-state index in [2.05, 4.69) is 9.71 Å². The van der Waals surface area contributed by atoms with Gasteiger partial charge in [0.2, 0.25) is 25.8 Å². The molecule has 2 aliphatic heterocycles. The van der Waals surface area contributed by atoms with Gasteiger partial charge in [-0.2, -0.15) is 0 Å². The highest BCUT2D eigenvalue weighted by Gasteiger charge is 2.56. The first-order chi connectivity index (χ1) is 16.0. The van der Waals surface area contributed by atoms with Crippen LogP contribution in [0.2, 0.25) is 0 Å². The number of sulfonamides is 1. The molecule has 2 aliphatic rings. The lowest BCUT2D eigenvalue weighted by Gasteiger charge is -2.34. The predicted molar refractivity (Wildman–Crippen MR) is 136 cm³/mol. The minimum atomic E-state index is -4.26. The van der Waals surface area contributed by atoms with Crippen molar-refractivity contribution in [1.82, 2.24) is 4.90 Å². The van der Waals surface area contributed by atoms with Crippen LogP contribution in [-0.2, 0) is 29.4 Å². The number of anilines is 1. The van der Waals surface area contributed by atoms with E-state index in [-0.39, 0.29) is 27.7 Å². The average Bonchev–Trinajstić information content (AvgIpc) is 2.99. The van der Waals surface area contributed by atoms with Gasteiger partial charge in [-0.05, 0) is 42.9 Å². The van der Waals surface area contributed by atoms with Gasteiger partial charge in [-0.3, -0.25) is 19.3 Å². The van der Waals surface area contributed by atoms with Crippen molar-refractivity contribution >= 4 is 60.2 Å². The monoisotopic (exact) mass is 545 g/mol. The largest absolute Gasteiger partial charge is 0.331 e. The zero-order chi connectivity index (χ0) is 26.5. The van der Waals surface area contributed by atoms with Crippen LogP contribution in [0.1, 0.15) is 48.0 Å². The number of nitrogens with one attached hydrogen (secondary N) is 1. The first kappa shape index (κ1) is 27.6. The third-order valence-electron chi connectivity index (χ3n) is 6.13. The predicted octanol–water partition coefficient (Wildman–Crippen LogP) is 3.36. The molecular formula is C23H32ClN3O6S2. The molecule has 0 aliphatic carbocycles. The molecule has 0 spiro atoms. The van der Waals surface area contributed by atoms with E-state index in [9.17, 15) is 26.4 Å². The van der Waals surface area contributed by atoms with E-state index in [0.717, 1.165) is 6.07 Å². The highest BCUT2D eigenvalue weighted by Crippen LogP contribution is 2.42. The summed E-state index contributed by atoms with van der Waals surface area (Å²) in [4.78, 5) is 32.7. The second-order valence-corrected chi connectivity index (χ2v) is 15.1. The molecule has 1 aromatic rings. The maximum Gasteiger partial charge on any atom is 0.239 e. The van der Waals surface area contributed by atoms with E-state index in [1.165, 1.54) is 24.0 Å². The first-order valence-electron chi connectivity index (χ1n) is 11.5. The number of carbonyl (C=O) groups excluding carboxylic acids is 2. The molecule has 35 heavy (non-hydrogen) atoms. The third-order valence-corrected chi connectivity index (χ3v) is 10.1. The van der Waals surface area contributed by atoms with Gasteiger partial charge in [0.05, 0.1) is 28.1 Å². The number of hydrogen-bond donors (Lipinski definition) is 1. The molecule has 1 aromatic carbocycles. The lowest BCUT2D eigenvalue weighted by Crippen LogP contribution is -2.45. The fraction of sp³-hybridized carbons (Fsp3) is 0.609. The summed E-state index contributed by atoms with van der Waals surface area (Å²) >= 11 is 6.38. The third kappa shape index (κ3) is 5.27. The Balaban J connectivity index is 2.09. The van der Waals surface area contributed by atoms with Crippen LogP contribution >= 0.6 is 11.6 Å². The van der Waals surface area contributed by atoms with Gasteiger partial charge in [0.25, 0.3) is 0 Å². The number of Topliss-reactive ketones (excluding diaryl/α,β-unsaturated/α-hetero) is 1. The quantitative estimate of drug-likeness (QED) is 0.413. The van der Waals surface area contributed by atoms with Crippen LogP contribution in [0.4, 0.5) is 11.4 Å². The molecule has 1 amide bonds. The summed E-state index contributed by atoms with van der Waals surface area (Å²) in [6.07, 6.45) is 0.687. The van der Waals surface area contributed by atoms with Crippen molar-refractivity contribution < 1.29 is 26.4 Å². The molecule has 0 bridgehead atoms. The maximum absolute atomic E-state index is 13.6. The molecular weight excluding hydrogens is 514 g/mol. The number of nitrogens with zero attached hydrogens (tertiary/aromatic N) is 2. The van der Waals surface area contributed by atoms with Gasteiger partial charge in [0.1, 0.15) is 5.92 Å². The summed E-state index contributed by atoms with van der Waals surface area (Å²) in [7, 11) is -7.89. The van der Waals surface area contributed by atoms with Gasteiger partial charge < -0.3 is 4.90 Å². The number of hydrogen-bond acceptors (Lipinski definition) is 7. The molecule has 0 saturated carbocycles. The Labute approximate surface area is 212 Å². The van der Waals surface area contributed by atoms with Crippen molar-refractivity contribution in [2.45, 2.75) is 63.6 Å². The van der Waals surface area contributed by atoms with Crippen LogP contribution in [-0.4, -0.2) is 62.2 Å². The standard InChI is InChI=1S/C23H32ClN3O6S2/c1-7-34(30,31)26-14-8-9-15-16(12-14)35(32,33)21(24)18(25-15)17-19(28)20(23(4,5)6)27(22(17)29)11-10-13(2)3/h8-9,12-13,17,20-21,26H,7,10-11H2,1-6H3/t17?,20-,21?/m1/s1. The van der Waals surface area contributed by atoms with Crippen LogP contribution in [0.25, 0.3) is 0 Å². The number of ketones is 1. The minimum absolute atomic E-state index is 0.00452. The van der Waals surface area contributed by atoms with Crippen molar-refractivity contribution in [1.29, 1.82) is 0 Å². The number of sulfone groups is 1. The Bertz CT molecular complexity index is 1280. The molecule has 194 valence electrons. The molecule has 12 heteroatoms. The molecule has 1 N–H and O–H groups in total. The number of halogens is 1. The number of carbonyl (C=O) groups is 2. The van der Waals surface area contributed by atoms with E-state index < -0.39 is 53.6 Å². The van der Waals surface area contributed by atoms with E-state index in [0.29, 0.717) is 18.9 Å². The van der Waals surface area contributed by atoms with Crippen LogP contribution in [0, 0.1) is 17.3 Å². The lowest BCUT2D eigenvalue weighted by atomic mass is 9.82. The molecule has 2 heterocycles. The number of rotatable bonds is 7. The van der Waals surface area contributed by atoms with Crippen molar-refractivity contribution in [2.24, 2.45) is 22.2 Å². The smallest absolute Gasteiger partial charge is 0.239 e. The molecule has 2 unspecified atom stereocenters. The van der Waals surface area contributed by atoms with Crippen molar-refractivity contribution in [3.8, 4) is 0 Å². The van der Waals surface area contributed by atoms with E-state index in [4.69, 9.17) is 11.6 Å². The van der Waals surface area contributed by atoms with Crippen molar-refractivity contribution in [2.75, 3.05) is 17.0 Å². The van der Waals surface area contributed by atoms with Crippen molar-refractivity contribution in [3.05, 3.63) is 18.2 Å². The Morgan fingerprint density at radius 3 is 2.37 bits per heavy atom. The Kier molecular flexibility index (Phi) is 7.47. The van der Waals surface area contributed by atoms with Crippen LogP contribution in [0.15, 0.2) is 28.1 Å². The second kappa shape index (κ2) is 9.48. The molecule has 0 radical (unpaired) electrons. The second-order valence-electron chi connectivity index (χ2n) is 10.4. The molecule has 1 fully saturated rings. The van der Waals surface area contributed by atoms with E-state index in [1.54, 1.807) is 0 Å². The van der Waals surface area contributed by atoms with E-state index in [1.807, 2.05) is 34.6 Å². The number of fused-ring (bicyclic) bond motifs is 1. The average molecular weight is 546 g/mol. The molecule has 3 rings (SSSR count). The molecule has 0 aromatic heterocycles. The zero-order valence-electron chi connectivity index (χ0n) is 20.7. The molecule has 3 atom stereocenters. The van der Waals surface area contributed by atoms with Crippen LogP contribution in [0.5, 0.6) is 0 Å². The SMILES string of the molecule is CCS(=O)(=O)Nc1ccc2c(c1)S(=O)(=O)C(Cl)C(C1C(=O)[C@H](C(C)(C)C)N(CCC(C)C)C1=O)=N2. The number of alkyl halides is 1. The summed E-state index contributed by atoms with van der Waals surface area (Å²) in [5, 5.41) is 0. The van der Waals surface area contributed by atoms with Gasteiger partial charge in [-0.15, -0.1) is 0 Å². The number of amides is 1. The minimum Gasteiger partial charge on any atom is -0.331 e. The normalized spacial score (nSPS) is 24.5. The Hall–Kier alpha value is -1.98. The van der Waals surface area contributed by atoms with E-state index >= 15 is 0 Å². The number of likely N-dealkylation sites (tertiary alicyclic amines) is 1. The van der Waals surface area contributed by atoms with Crippen molar-refractivity contribution in [3.63, 3.8) is 0 Å². The summed E-state index contributed by atoms with van der Waals surface area (Å²) in [5.41, 5.74) is -0.725. The number of aliphatic imine (C=N–C) groups is 1. The van der Waals surface area contributed by atoms with Gasteiger partial charge in [-0.25, -0.2) is 16.8 Å². The van der Waals surface area contributed by atoms with Gasteiger partial charge in [0, 0.05) is 12.2 Å². The van der Waals surface area contributed by atoms with Gasteiger partial charge in [0.15, 0.2) is 10.5 Å². The Morgan fingerprint density at radius 1 is 1.20 bits per heavy atom.